The molecule has 1 aliphatic heterocycles. The minimum absolute atomic E-state index is 0.101. The predicted molar refractivity (Wildman–Crippen MR) is 130 cm³/mol. The first kappa shape index (κ1) is 26.2. The van der Waals surface area contributed by atoms with Crippen molar-refractivity contribution in [3.05, 3.63) is 71.8 Å². The largest absolute Gasteiger partial charge is 0.459 e. The Morgan fingerprint density at radius 3 is 1.82 bits per heavy atom. The molecule has 0 unspecified atom stereocenters. The molecule has 34 heavy (non-hydrogen) atoms. The van der Waals surface area contributed by atoms with Gasteiger partial charge in [0.05, 0.1) is 23.3 Å². The molecule has 0 N–H and O–H groups in total. The van der Waals surface area contributed by atoms with E-state index in [2.05, 4.69) is 12.6 Å². The van der Waals surface area contributed by atoms with E-state index in [1.165, 1.54) is 0 Å². The first-order valence-electron chi connectivity index (χ1n) is 11.4. The zero-order chi connectivity index (χ0) is 24.7. The van der Waals surface area contributed by atoms with E-state index >= 15 is 0 Å². The van der Waals surface area contributed by atoms with Crippen LogP contribution in [0.4, 0.5) is 0 Å². The Morgan fingerprint density at radius 1 is 0.794 bits per heavy atom. The van der Waals surface area contributed by atoms with Crippen LogP contribution < -0.4 is 0 Å². The molecule has 184 valence electrons. The van der Waals surface area contributed by atoms with Gasteiger partial charge in [-0.15, -0.1) is 12.6 Å². The Morgan fingerprint density at radius 2 is 1.29 bits per heavy atom. The molecule has 1 saturated heterocycles. The number of hydrogen-bond acceptors (Lipinski definition) is 8. The normalized spacial score (nSPS) is 24.7. The van der Waals surface area contributed by atoms with Gasteiger partial charge in [0.1, 0.15) is 30.4 Å². The maximum Gasteiger partial charge on any atom is 0.338 e. The van der Waals surface area contributed by atoms with E-state index in [9.17, 15) is 9.59 Å². The topological polar surface area (TPSA) is 80.3 Å². The third-order valence-electron chi connectivity index (χ3n) is 5.11. The van der Waals surface area contributed by atoms with Gasteiger partial charge in [-0.1, -0.05) is 36.4 Å². The second-order valence-corrected chi connectivity index (χ2v) is 9.07. The molecular weight excluding hydrogens is 456 g/mol. The summed E-state index contributed by atoms with van der Waals surface area (Å²) in [5, 5.41) is 0. The molecule has 8 heteroatoms. The fraction of sp³-hybridized carbons (Fsp3) is 0.462. The molecule has 0 radical (unpaired) electrons. The highest BCUT2D eigenvalue weighted by Gasteiger charge is 2.49. The summed E-state index contributed by atoms with van der Waals surface area (Å²) in [4.78, 5) is 25.5. The summed E-state index contributed by atoms with van der Waals surface area (Å²) < 4.78 is 29.7. The molecule has 0 bridgehead atoms. The molecule has 0 aliphatic carbocycles. The summed E-state index contributed by atoms with van der Waals surface area (Å²) in [6.07, 6.45) is -3.39. The summed E-state index contributed by atoms with van der Waals surface area (Å²) >= 11 is 4.57. The van der Waals surface area contributed by atoms with Crippen LogP contribution in [0.3, 0.4) is 0 Å². The zero-order valence-corrected chi connectivity index (χ0v) is 20.7. The molecule has 0 aromatic heterocycles. The Labute approximate surface area is 206 Å². The summed E-state index contributed by atoms with van der Waals surface area (Å²) in [7, 11) is 0. The summed E-state index contributed by atoms with van der Waals surface area (Å²) in [6, 6.07) is 17.4. The molecule has 0 amide bonds. The van der Waals surface area contributed by atoms with Gasteiger partial charge in [-0.2, -0.15) is 0 Å². The van der Waals surface area contributed by atoms with Crippen LogP contribution >= 0.6 is 12.6 Å². The number of esters is 2. The standard InChI is InChI=1S/C26H32O7S/c1-16(2)30-21-20(15-29-24(27)18-11-7-5-8-12-18)32-26(34)23(31-17(3)4)22(21)33-25(28)19-13-9-6-10-14-19/h5-14,16-17,20-23,26,34H,15H2,1-4H3/t20-,21+,22+,23-,26+/m1/s1. The number of benzene rings is 2. The lowest BCUT2D eigenvalue weighted by Gasteiger charge is -2.45. The van der Waals surface area contributed by atoms with Crippen LogP contribution in [0.25, 0.3) is 0 Å². The van der Waals surface area contributed by atoms with Crippen LogP contribution in [-0.4, -0.2) is 60.6 Å². The second-order valence-electron chi connectivity index (χ2n) is 8.56. The van der Waals surface area contributed by atoms with Crippen LogP contribution in [0.2, 0.25) is 0 Å². The summed E-state index contributed by atoms with van der Waals surface area (Å²) in [6.45, 7) is 7.39. The third kappa shape index (κ3) is 7.06. The van der Waals surface area contributed by atoms with Crippen molar-refractivity contribution in [2.24, 2.45) is 0 Å². The minimum atomic E-state index is -0.839. The van der Waals surface area contributed by atoms with Crippen molar-refractivity contribution >= 4 is 24.6 Å². The highest BCUT2D eigenvalue weighted by molar-refractivity contribution is 7.80. The minimum Gasteiger partial charge on any atom is -0.459 e. The van der Waals surface area contributed by atoms with E-state index < -0.39 is 41.8 Å². The van der Waals surface area contributed by atoms with Gasteiger partial charge < -0.3 is 23.7 Å². The summed E-state index contributed by atoms with van der Waals surface area (Å²) in [5.74, 6) is -0.996. The molecule has 3 rings (SSSR count). The lowest BCUT2D eigenvalue weighted by atomic mass is 9.98. The summed E-state index contributed by atoms with van der Waals surface area (Å²) in [5.41, 5.74) is 0.0990. The van der Waals surface area contributed by atoms with Gasteiger partial charge in [0.2, 0.25) is 0 Å². The number of carbonyl (C=O) groups excluding carboxylic acids is 2. The van der Waals surface area contributed by atoms with Crippen molar-refractivity contribution in [1.82, 2.24) is 0 Å². The Bertz CT molecular complexity index is 919. The van der Waals surface area contributed by atoms with Gasteiger partial charge in [0.15, 0.2) is 6.10 Å². The second kappa shape index (κ2) is 12.4. The van der Waals surface area contributed by atoms with E-state index in [-0.39, 0.29) is 18.8 Å². The first-order chi connectivity index (χ1) is 16.3. The van der Waals surface area contributed by atoms with E-state index in [1.807, 2.05) is 39.8 Å². The third-order valence-corrected chi connectivity index (χ3v) is 5.52. The molecule has 2 aromatic rings. The maximum atomic E-state index is 13.0. The molecule has 1 aliphatic rings. The van der Waals surface area contributed by atoms with Crippen LogP contribution in [0.5, 0.6) is 0 Å². The molecular formula is C26H32O7S. The van der Waals surface area contributed by atoms with Gasteiger partial charge in [0.25, 0.3) is 0 Å². The number of ether oxygens (including phenoxy) is 5. The van der Waals surface area contributed by atoms with Crippen LogP contribution in [-0.2, 0) is 23.7 Å². The average Bonchev–Trinajstić information content (AvgIpc) is 2.82. The van der Waals surface area contributed by atoms with Crippen molar-refractivity contribution < 1.29 is 33.3 Å². The van der Waals surface area contributed by atoms with Crippen molar-refractivity contribution in [3.63, 3.8) is 0 Å². The van der Waals surface area contributed by atoms with Crippen LogP contribution in [0.1, 0.15) is 48.4 Å². The number of carbonyl (C=O) groups is 2. The number of hydrogen-bond donors (Lipinski definition) is 1. The quantitative estimate of drug-likeness (QED) is 0.416. The average molecular weight is 489 g/mol. The highest BCUT2D eigenvalue weighted by atomic mass is 32.1. The lowest BCUT2D eigenvalue weighted by Crippen LogP contribution is -2.61. The van der Waals surface area contributed by atoms with E-state index in [4.69, 9.17) is 23.7 Å². The van der Waals surface area contributed by atoms with E-state index in [1.54, 1.807) is 48.5 Å². The molecule has 0 spiro atoms. The number of rotatable bonds is 9. The Kier molecular flexibility index (Phi) is 9.53. The predicted octanol–water partition coefficient (Wildman–Crippen LogP) is 4.31. The van der Waals surface area contributed by atoms with E-state index in [0.29, 0.717) is 11.1 Å². The molecule has 7 nitrogen and oxygen atoms in total. The molecule has 2 aromatic carbocycles. The highest BCUT2D eigenvalue weighted by Crippen LogP contribution is 2.32. The smallest absolute Gasteiger partial charge is 0.338 e. The van der Waals surface area contributed by atoms with Crippen molar-refractivity contribution in [1.29, 1.82) is 0 Å². The Hall–Kier alpha value is -2.39. The lowest BCUT2D eigenvalue weighted by molar-refractivity contribution is -0.244. The van der Waals surface area contributed by atoms with Crippen molar-refractivity contribution in [3.8, 4) is 0 Å². The molecule has 0 saturated carbocycles. The van der Waals surface area contributed by atoms with Gasteiger partial charge in [-0.25, -0.2) is 9.59 Å². The zero-order valence-electron chi connectivity index (χ0n) is 19.8. The Balaban J connectivity index is 1.84. The first-order valence-corrected chi connectivity index (χ1v) is 11.9. The van der Waals surface area contributed by atoms with E-state index in [0.717, 1.165) is 0 Å². The van der Waals surface area contributed by atoms with Gasteiger partial charge in [-0.05, 0) is 52.0 Å². The SMILES string of the molecule is CC(C)O[C@@H]1[C@@H](OC(=O)c2ccccc2)[C@@H](OC(C)C)[C@@H](COC(=O)c2ccccc2)O[C@H]1S. The fourth-order valence-electron chi connectivity index (χ4n) is 3.68. The maximum absolute atomic E-state index is 13.0. The van der Waals surface area contributed by atoms with Gasteiger partial charge >= 0.3 is 11.9 Å². The van der Waals surface area contributed by atoms with Crippen LogP contribution in [0.15, 0.2) is 60.7 Å². The van der Waals surface area contributed by atoms with Gasteiger partial charge in [0, 0.05) is 0 Å². The van der Waals surface area contributed by atoms with Crippen molar-refractivity contribution in [2.45, 2.75) is 69.8 Å². The van der Waals surface area contributed by atoms with Crippen LogP contribution in [0, 0.1) is 0 Å². The van der Waals surface area contributed by atoms with Crippen molar-refractivity contribution in [2.75, 3.05) is 6.61 Å². The van der Waals surface area contributed by atoms with Gasteiger partial charge in [-0.3, -0.25) is 0 Å². The molecule has 1 fully saturated rings. The number of thiol groups is 1. The molecule has 5 atom stereocenters. The monoisotopic (exact) mass is 488 g/mol. The molecule has 1 heterocycles. The fourth-order valence-corrected chi connectivity index (χ4v) is 4.08.